The number of benzene rings is 1. The second-order valence-electron chi connectivity index (χ2n) is 4.86. The van der Waals surface area contributed by atoms with E-state index in [0.717, 1.165) is 12.8 Å². The Morgan fingerprint density at radius 3 is 2.94 bits per heavy atom. The lowest BCUT2D eigenvalue weighted by molar-refractivity contribution is -0.0180. The van der Waals surface area contributed by atoms with Crippen LogP contribution in [0.3, 0.4) is 0 Å². The van der Waals surface area contributed by atoms with Gasteiger partial charge in [0.15, 0.2) is 0 Å². The second kappa shape index (κ2) is 4.34. The molecule has 1 aromatic carbocycles. The minimum atomic E-state index is -0.948. The second-order valence-corrected chi connectivity index (χ2v) is 5.26. The summed E-state index contributed by atoms with van der Waals surface area (Å²) in [6.07, 6.45) is 3.41. The summed E-state index contributed by atoms with van der Waals surface area (Å²) in [7, 11) is 0. The molecule has 1 aromatic rings. The van der Waals surface area contributed by atoms with Crippen LogP contribution in [-0.4, -0.2) is 5.11 Å². The summed E-state index contributed by atoms with van der Waals surface area (Å²) in [6.45, 7) is 2.11. The zero-order valence-corrected chi connectivity index (χ0v) is 10.1. The van der Waals surface area contributed by atoms with Crippen molar-refractivity contribution >= 4 is 11.6 Å². The monoisotopic (exact) mass is 242 g/mol. The maximum absolute atomic E-state index is 13.2. The highest BCUT2D eigenvalue weighted by molar-refractivity contribution is 6.31. The van der Waals surface area contributed by atoms with Crippen LogP contribution in [0.5, 0.6) is 0 Å². The zero-order chi connectivity index (χ0) is 11.8. The van der Waals surface area contributed by atoms with Gasteiger partial charge in [-0.1, -0.05) is 24.9 Å². The first kappa shape index (κ1) is 11.9. The van der Waals surface area contributed by atoms with Crippen molar-refractivity contribution in [3.63, 3.8) is 0 Å². The van der Waals surface area contributed by atoms with Gasteiger partial charge in [0.05, 0.1) is 5.60 Å². The number of aliphatic hydroxyl groups is 1. The lowest BCUT2D eigenvalue weighted by Crippen LogP contribution is -2.32. The maximum atomic E-state index is 13.2. The molecule has 0 radical (unpaired) electrons. The minimum Gasteiger partial charge on any atom is -0.385 e. The zero-order valence-electron chi connectivity index (χ0n) is 9.34. The van der Waals surface area contributed by atoms with Gasteiger partial charge in [0, 0.05) is 10.6 Å². The Balaban J connectivity index is 2.37. The standard InChI is InChI=1S/C13H16ClFO/c1-9-3-2-6-13(16,8-9)11-7-10(15)4-5-12(11)14/h4-5,7,9,16H,2-3,6,8H2,1H3. The number of rotatable bonds is 1. The quantitative estimate of drug-likeness (QED) is 0.793. The molecule has 0 bridgehead atoms. The van der Waals surface area contributed by atoms with Gasteiger partial charge in [-0.05, 0) is 43.4 Å². The van der Waals surface area contributed by atoms with Crippen LogP contribution < -0.4 is 0 Å². The number of halogens is 2. The molecule has 16 heavy (non-hydrogen) atoms. The lowest BCUT2D eigenvalue weighted by atomic mass is 9.75. The molecule has 2 atom stereocenters. The van der Waals surface area contributed by atoms with Crippen LogP contribution in [0.15, 0.2) is 18.2 Å². The van der Waals surface area contributed by atoms with Crippen LogP contribution in [0.1, 0.15) is 38.2 Å². The predicted octanol–water partition coefficient (Wildman–Crippen LogP) is 3.88. The van der Waals surface area contributed by atoms with Gasteiger partial charge >= 0.3 is 0 Å². The van der Waals surface area contributed by atoms with E-state index in [4.69, 9.17) is 11.6 Å². The predicted molar refractivity (Wildman–Crippen MR) is 62.9 cm³/mol. The first-order valence-corrected chi connectivity index (χ1v) is 6.07. The Morgan fingerprint density at radius 1 is 1.50 bits per heavy atom. The molecule has 1 aliphatic rings. The average molecular weight is 243 g/mol. The summed E-state index contributed by atoms with van der Waals surface area (Å²) < 4.78 is 13.2. The van der Waals surface area contributed by atoms with Crippen molar-refractivity contribution in [2.45, 2.75) is 38.2 Å². The molecule has 88 valence electrons. The van der Waals surface area contributed by atoms with E-state index in [1.807, 2.05) is 0 Å². The molecule has 1 saturated carbocycles. The first-order valence-electron chi connectivity index (χ1n) is 5.69. The third-order valence-corrected chi connectivity index (χ3v) is 3.73. The molecule has 1 nitrogen and oxygen atoms in total. The highest BCUT2D eigenvalue weighted by Crippen LogP contribution is 2.42. The van der Waals surface area contributed by atoms with Crippen LogP contribution in [0.4, 0.5) is 4.39 Å². The fraction of sp³-hybridized carbons (Fsp3) is 0.538. The van der Waals surface area contributed by atoms with Crippen molar-refractivity contribution in [2.24, 2.45) is 5.92 Å². The Hall–Kier alpha value is -0.600. The largest absolute Gasteiger partial charge is 0.385 e. The van der Waals surface area contributed by atoms with Crippen molar-refractivity contribution in [1.82, 2.24) is 0 Å². The molecule has 1 N–H and O–H groups in total. The van der Waals surface area contributed by atoms with Crippen molar-refractivity contribution in [3.8, 4) is 0 Å². The Bertz CT molecular complexity index is 394. The molecule has 0 spiro atoms. The molecule has 2 rings (SSSR count). The van der Waals surface area contributed by atoms with Crippen molar-refractivity contribution in [1.29, 1.82) is 0 Å². The summed E-state index contributed by atoms with van der Waals surface area (Å²) in [4.78, 5) is 0. The van der Waals surface area contributed by atoms with Gasteiger partial charge in [-0.25, -0.2) is 4.39 Å². The Labute approximate surface area is 100 Å². The molecule has 0 heterocycles. The summed E-state index contributed by atoms with van der Waals surface area (Å²) >= 11 is 6.04. The van der Waals surface area contributed by atoms with Crippen LogP contribution in [-0.2, 0) is 5.60 Å². The van der Waals surface area contributed by atoms with Crippen LogP contribution >= 0.6 is 11.6 Å². The van der Waals surface area contributed by atoms with E-state index in [1.54, 1.807) is 0 Å². The van der Waals surface area contributed by atoms with Crippen molar-refractivity contribution in [3.05, 3.63) is 34.6 Å². The smallest absolute Gasteiger partial charge is 0.123 e. The Kier molecular flexibility index (Phi) is 3.22. The van der Waals surface area contributed by atoms with Crippen LogP contribution in [0, 0.1) is 11.7 Å². The average Bonchev–Trinajstić information content (AvgIpc) is 2.21. The van der Waals surface area contributed by atoms with Gasteiger partial charge in [0.25, 0.3) is 0 Å². The normalized spacial score (nSPS) is 30.4. The minimum absolute atomic E-state index is 0.342. The van der Waals surface area contributed by atoms with E-state index < -0.39 is 5.60 Å². The van der Waals surface area contributed by atoms with Crippen LogP contribution in [0.25, 0.3) is 0 Å². The molecular formula is C13H16ClFO. The molecule has 3 heteroatoms. The van der Waals surface area contributed by atoms with E-state index in [2.05, 4.69) is 6.92 Å². The molecular weight excluding hydrogens is 227 g/mol. The van der Waals surface area contributed by atoms with Gasteiger partial charge in [0.1, 0.15) is 5.82 Å². The van der Waals surface area contributed by atoms with Gasteiger partial charge in [-0.15, -0.1) is 0 Å². The summed E-state index contributed by atoms with van der Waals surface area (Å²) in [5, 5.41) is 11.0. The summed E-state index contributed by atoms with van der Waals surface area (Å²) in [5.41, 5.74) is -0.405. The fourth-order valence-electron chi connectivity index (χ4n) is 2.62. The molecule has 0 amide bonds. The van der Waals surface area contributed by atoms with Gasteiger partial charge < -0.3 is 5.11 Å². The topological polar surface area (TPSA) is 20.2 Å². The summed E-state index contributed by atoms with van der Waals surface area (Å²) in [6, 6.07) is 4.20. The van der Waals surface area contributed by atoms with E-state index in [-0.39, 0.29) is 5.82 Å². The Morgan fingerprint density at radius 2 is 2.25 bits per heavy atom. The molecule has 0 aromatic heterocycles. The fourth-order valence-corrected chi connectivity index (χ4v) is 2.92. The maximum Gasteiger partial charge on any atom is 0.123 e. The van der Waals surface area contributed by atoms with Gasteiger partial charge in [-0.2, -0.15) is 0 Å². The molecule has 2 unspecified atom stereocenters. The van der Waals surface area contributed by atoms with Crippen molar-refractivity contribution < 1.29 is 9.50 Å². The third kappa shape index (κ3) is 2.23. The van der Waals surface area contributed by atoms with Gasteiger partial charge in [-0.3, -0.25) is 0 Å². The number of hydrogen-bond donors (Lipinski definition) is 1. The molecule has 0 aliphatic heterocycles. The molecule has 1 fully saturated rings. The van der Waals surface area contributed by atoms with E-state index in [1.165, 1.54) is 18.2 Å². The molecule has 1 aliphatic carbocycles. The lowest BCUT2D eigenvalue weighted by Gasteiger charge is -2.36. The van der Waals surface area contributed by atoms with E-state index in [0.29, 0.717) is 29.3 Å². The number of hydrogen-bond acceptors (Lipinski definition) is 1. The van der Waals surface area contributed by atoms with E-state index in [9.17, 15) is 9.50 Å². The highest BCUT2D eigenvalue weighted by Gasteiger charge is 2.36. The molecule has 0 saturated heterocycles. The SMILES string of the molecule is CC1CCCC(O)(c2cc(F)ccc2Cl)C1. The van der Waals surface area contributed by atoms with E-state index >= 15 is 0 Å². The van der Waals surface area contributed by atoms with Crippen molar-refractivity contribution in [2.75, 3.05) is 0 Å². The van der Waals surface area contributed by atoms with Crippen LogP contribution in [0.2, 0.25) is 5.02 Å². The summed E-state index contributed by atoms with van der Waals surface area (Å²) in [5.74, 6) is 0.115. The third-order valence-electron chi connectivity index (χ3n) is 3.40. The highest BCUT2D eigenvalue weighted by atomic mass is 35.5. The van der Waals surface area contributed by atoms with Gasteiger partial charge in [0.2, 0.25) is 0 Å². The first-order chi connectivity index (χ1) is 7.51.